The maximum Gasteiger partial charge on any atom is 0.338 e. The second-order valence-electron chi connectivity index (χ2n) is 17.2. The molecule has 0 bridgehead atoms. The Morgan fingerprint density at radius 2 is 1.59 bits per heavy atom. The highest BCUT2D eigenvalue weighted by atomic mass is 31.2. The minimum absolute atomic E-state index is 0.0964. The van der Waals surface area contributed by atoms with Crippen LogP contribution in [0.1, 0.15) is 95.8 Å². The Kier molecular flexibility index (Phi) is 9.17. The number of halogens is 1. The summed E-state index contributed by atoms with van der Waals surface area (Å²) < 4.78 is 42.0. The number of aryl methyl sites for hydroxylation is 3. The fourth-order valence-electron chi connectivity index (χ4n) is 9.91. The Labute approximate surface area is 343 Å². The number of benzene rings is 3. The average molecular weight is 816 g/mol. The Morgan fingerprint density at radius 1 is 0.898 bits per heavy atom. The molecular weight excluding hydrogens is 765 g/mol. The SMILES string of the molecule is CNc1cc(-n2ccn(-c3c4c(nn3-c3cc(C)c(F)c(C)c3)CCN(C(=O)c3cc5cc(C6CCOCC6)ccc5n3C)[C@H]4C)c2=O)ccc1P(=O)(C1CC1)C1CC1. The minimum Gasteiger partial charge on any atom is -0.387 e. The number of hydrogen-bond donors (Lipinski definition) is 1. The minimum atomic E-state index is -2.57. The number of fused-ring (bicyclic) bond motifs is 2. The molecule has 1 N–H and O–H groups in total. The van der Waals surface area contributed by atoms with Crippen LogP contribution in [0, 0.1) is 19.7 Å². The van der Waals surface area contributed by atoms with Crippen molar-refractivity contribution in [1.82, 2.24) is 28.4 Å². The zero-order valence-electron chi connectivity index (χ0n) is 34.4. The predicted molar refractivity (Wildman–Crippen MR) is 230 cm³/mol. The van der Waals surface area contributed by atoms with Gasteiger partial charge in [-0.3, -0.25) is 13.9 Å². The third-order valence-corrected chi connectivity index (χ3v) is 17.8. The lowest BCUT2D eigenvalue weighted by Gasteiger charge is -2.33. The topological polar surface area (TPSA) is 108 Å². The van der Waals surface area contributed by atoms with Crippen LogP contribution in [0.3, 0.4) is 0 Å². The number of imidazole rings is 1. The van der Waals surface area contributed by atoms with E-state index in [4.69, 9.17) is 9.84 Å². The molecule has 0 radical (unpaired) electrons. The van der Waals surface area contributed by atoms with Crippen molar-refractivity contribution in [3.05, 3.63) is 117 Å². The summed E-state index contributed by atoms with van der Waals surface area (Å²) >= 11 is 0. The molecule has 4 aliphatic rings. The van der Waals surface area contributed by atoms with Gasteiger partial charge in [0.05, 0.1) is 23.1 Å². The van der Waals surface area contributed by atoms with E-state index in [0.717, 1.165) is 84.9 Å². The molecule has 1 saturated heterocycles. The first-order valence-corrected chi connectivity index (χ1v) is 22.9. The maximum atomic E-state index is 15.0. The lowest BCUT2D eigenvalue weighted by atomic mass is 9.91. The predicted octanol–water partition coefficient (Wildman–Crippen LogP) is 8.07. The summed E-state index contributed by atoms with van der Waals surface area (Å²) in [7, 11) is 1.22. The van der Waals surface area contributed by atoms with E-state index < -0.39 is 13.2 Å². The Morgan fingerprint density at radius 3 is 2.27 bits per heavy atom. The standard InChI is InChI=1S/C46H51FN7O4P/c1-27-22-34(23-28(2)43(27)47)54-44(53-19-18-52(46(53)56)33-7-13-41(38(26-33)48-4)59(57,35-8-9-35)36-10-11-36)42-29(3)51(17-14-37(42)49-54)45(55)40-25-32-24-31(6-12-39(32)50(40)5)30-15-20-58-21-16-30/h6-7,12-13,18-19,22-26,29-30,35-36,48H,8-11,14-17,20-21H2,1-5H3/t29-/m0/s1. The monoisotopic (exact) mass is 815 g/mol. The first-order valence-electron chi connectivity index (χ1n) is 21.1. The van der Waals surface area contributed by atoms with Crippen molar-refractivity contribution in [2.24, 2.45) is 7.05 Å². The van der Waals surface area contributed by atoms with E-state index in [0.29, 0.717) is 52.9 Å². The molecule has 2 aliphatic carbocycles. The van der Waals surface area contributed by atoms with Gasteiger partial charge in [-0.15, -0.1) is 0 Å². The van der Waals surface area contributed by atoms with E-state index in [1.165, 1.54) is 5.56 Å². The number of rotatable bonds is 9. The van der Waals surface area contributed by atoms with Crippen LogP contribution in [0.25, 0.3) is 28.1 Å². The van der Waals surface area contributed by atoms with Gasteiger partial charge in [-0.1, -0.05) is 6.07 Å². The van der Waals surface area contributed by atoms with Gasteiger partial charge in [-0.05, 0) is 130 Å². The van der Waals surface area contributed by atoms with Gasteiger partial charge in [0, 0.05) is 91.4 Å². The Hall–Kier alpha value is -5.19. The van der Waals surface area contributed by atoms with Gasteiger partial charge in [0.15, 0.2) is 0 Å². The summed E-state index contributed by atoms with van der Waals surface area (Å²) in [5.41, 5.74) is 7.62. The van der Waals surface area contributed by atoms with Crippen LogP contribution in [0.15, 0.2) is 71.8 Å². The van der Waals surface area contributed by atoms with Crippen LogP contribution < -0.4 is 16.3 Å². The first-order chi connectivity index (χ1) is 28.5. The van der Waals surface area contributed by atoms with E-state index in [1.54, 1.807) is 52.2 Å². The van der Waals surface area contributed by atoms with Crippen molar-refractivity contribution >= 4 is 34.9 Å². The molecule has 3 aromatic carbocycles. The number of amides is 1. The van der Waals surface area contributed by atoms with Crippen LogP contribution in [0.5, 0.6) is 0 Å². The lowest BCUT2D eigenvalue weighted by Crippen LogP contribution is -2.40. The molecule has 10 rings (SSSR count). The summed E-state index contributed by atoms with van der Waals surface area (Å²) in [4.78, 5) is 31.3. The fraction of sp³-hybridized carbons (Fsp3) is 0.413. The van der Waals surface area contributed by atoms with Crippen molar-refractivity contribution < 1.29 is 18.5 Å². The molecule has 1 amide bonds. The molecule has 2 saturated carbocycles. The van der Waals surface area contributed by atoms with Gasteiger partial charge in [0.2, 0.25) is 0 Å². The zero-order chi connectivity index (χ0) is 40.9. The highest BCUT2D eigenvalue weighted by molar-refractivity contribution is 7.73. The lowest BCUT2D eigenvalue weighted by molar-refractivity contribution is 0.0667. The normalized spacial score (nSPS) is 18.7. The van der Waals surface area contributed by atoms with E-state index in [-0.39, 0.29) is 28.7 Å². The third-order valence-electron chi connectivity index (χ3n) is 13.4. The Bertz CT molecular complexity index is 2740. The van der Waals surface area contributed by atoms with Crippen LogP contribution in [0.4, 0.5) is 10.1 Å². The van der Waals surface area contributed by atoms with Gasteiger partial charge in [-0.25, -0.2) is 13.9 Å². The number of anilines is 1. The van der Waals surface area contributed by atoms with E-state index in [1.807, 2.05) is 54.8 Å². The smallest absolute Gasteiger partial charge is 0.338 e. The molecule has 5 heterocycles. The van der Waals surface area contributed by atoms with E-state index >= 15 is 4.39 Å². The van der Waals surface area contributed by atoms with Gasteiger partial charge < -0.3 is 24.1 Å². The molecule has 3 fully saturated rings. The highest BCUT2D eigenvalue weighted by Gasteiger charge is 2.52. The molecule has 2 aliphatic heterocycles. The number of hydrogen-bond acceptors (Lipinski definition) is 6. The molecule has 1 atom stereocenters. The summed E-state index contributed by atoms with van der Waals surface area (Å²) in [5.74, 6) is 0.570. The van der Waals surface area contributed by atoms with Crippen molar-refractivity contribution in [2.75, 3.05) is 32.1 Å². The summed E-state index contributed by atoms with van der Waals surface area (Å²) in [6.07, 6.45) is 9.96. The second-order valence-corrected chi connectivity index (χ2v) is 20.5. The van der Waals surface area contributed by atoms with Gasteiger partial charge in [0.1, 0.15) is 24.5 Å². The van der Waals surface area contributed by atoms with Crippen LogP contribution in [-0.4, -0.2) is 72.4 Å². The maximum absolute atomic E-state index is 15.0. The number of carbonyl (C=O) groups is 1. The number of nitrogens with zero attached hydrogens (tertiary/aromatic N) is 6. The molecule has 13 heteroatoms. The molecule has 3 aromatic heterocycles. The van der Waals surface area contributed by atoms with Gasteiger partial charge in [0.25, 0.3) is 5.91 Å². The largest absolute Gasteiger partial charge is 0.387 e. The molecule has 0 unspecified atom stereocenters. The average Bonchev–Trinajstić information content (AvgIpc) is 4.19. The molecule has 59 heavy (non-hydrogen) atoms. The number of nitrogens with one attached hydrogen (secondary N) is 1. The van der Waals surface area contributed by atoms with Gasteiger partial charge >= 0.3 is 5.69 Å². The molecule has 0 spiro atoms. The Balaban J connectivity index is 1.05. The summed E-state index contributed by atoms with van der Waals surface area (Å²) in [6, 6.07) is 17.4. The van der Waals surface area contributed by atoms with E-state index in [2.05, 4.69) is 23.5 Å². The van der Waals surface area contributed by atoms with Crippen LogP contribution in [-0.2, 0) is 22.8 Å². The third kappa shape index (κ3) is 6.16. The van der Waals surface area contributed by atoms with Crippen molar-refractivity contribution in [3.63, 3.8) is 0 Å². The highest BCUT2D eigenvalue weighted by Crippen LogP contribution is 2.70. The number of aromatic nitrogens is 5. The van der Waals surface area contributed by atoms with E-state index in [9.17, 15) is 14.2 Å². The molecule has 11 nitrogen and oxygen atoms in total. The summed E-state index contributed by atoms with van der Waals surface area (Å²) in [5, 5.41) is 10.3. The van der Waals surface area contributed by atoms with Crippen LogP contribution in [0.2, 0.25) is 0 Å². The first kappa shape index (κ1) is 38.0. The van der Waals surface area contributed by atoms with Crippen molar-refractivity contribution in [2.45, 2.75) is 89.0 Å². The fourth-order valence-corrected chi connectivity index (χ4v) is 14.0. The zero-order valence-corrected chi connectivity index (χ0v) is 35.3. The molecule has 306 valence electrons. The molecule has 6 aromatic rings. The molecular formula is C46H51FN7O4P. The van der Waals surface area contributed by atoms with Crippen molar-refractivity contribution in [3.8, 4) is 17.2 Å². The number of carbonyl (C=O) groups excluding carboxylic acids is 1. The number of ether oxygens (including phenoxy) is 1. The summed E-state index contributed by atoms with van der Waals surface area (Å²) in [6.45, 7) is 7.43. The second kappa shape index (κ2) is 14.2. The van der Waals surface area contributed by atoms with Crippen LogP contribution >= 0.6 is 7.14 Å². The van der Waals surface area contributed by atoms with Gasteiger partial charge in [-0.2, -0.15) is 5.10 Å². The quantitative estimate of drug-likeness (QED) is 0.148. The van der Waals surface area contributed by atoms with Crippen molar-refractivity contribution in [1.29, 1.82) is 0 Å².